The summed E-state index contributed by atoms with van der Waals surface area (Å²) < 4.78 is 0. The van der Waals surface area contributed by atoms with E-state index in [0.717, 1.165) is 25.1 Å². The number of hydrogen-bond acceptors (Lipinski definition) is 3. The number of aromatic nitrogens is 2. The van der Waals surface area contributed by atoms with Crippen LogP contribution in [0.2, 0.25) is 0 Å². The third-order valence-electron chi connectivity index (χ3n) is 4.22. The molecule has 104 valence electrons. The van der Waals surface area contributed by atoms with Crippen molar-refractivity contribution in [3.05, 3.63) is 39.8 Å². The Balaban J connectivity index is 1.57. The quantitative estimate of drug-likeness (QED) is 0.941. The minimum Gasteiger partial charge on any atom is -0.329 e. The van der Waals surface area contributed by atoms with Crippen LogP contribution in [0.25, 0.3) is 0 Å². The number of likely N-dealkylation sites (tertiary alicyclic amines) is 1. The van der Waals surface area contributed by atoms with Crippen molar-refractivity contribution in [3.8, 4) is 0 Å². The predicted molar refractivity (Wildman–Crippen MR) is 77.9 cm³/mol. The number of nitrogens with one attached hydrogen (secondary N) is 1. The highest BCUT2D eigenvalue weighted by Crippen LogP contribution is 2.40. The second-order valence-corrected chi connectivity index (χ2v) is 6.63. The fourth-order valence-corrected chi connectivity index (χ4v) is 3.86. The van der Waals surface area contributed by atoms with Crippen LogP contribution in [0.4, 0.5) is 0 Å². The molecule has 2 aromatic rings. The van der Waals surface area contributed by atoms with Gasteiger partial charge in [-0.3, -0.25) is 9.89 Å². The molecule has 2 aromatic heterocycles. The van der Waals surface area contributed by atoms with E-state index in [1.54, 1.807) is 11.3 Å². The Labute approximate surface area is 121 Å². The normalized spacial score (nSPS) is 22.4. The average Bonchev–Trinajstić information content (AvgIpc) is 2.96. The van der Waals surface area contributed by atoms with Crippen molar-refractivity contribution >= 4 is 17.2 Å². The summed E-state index contributed by atoms with van der Waals surface area (Å²) in [7, 11) is 0. The van der Waals surface area contributed by atoms with Gasteiger partial charge in [-0.2, -0.15) is 5.10 Å². The van der Waals surface area contributed by atoms with Crippen molar-refractivity contribution in [3.63, 3.8) is 0 Å². The van der Waals surface area contributed by atoms with Gasteiger partial charge in [0, 0.05) is 23.0 Å². The molecule has 1 unspecified atom stereocenters. The van der Waals surface area contributed by atoms with Crippen LogP contribution in [0.15, 0.2) is 23.6 Å². The van der Waals surface area contributed by atoms with E-state index in [4.69, 9.17) is 0 Å². The van der Waals surface area contributed by atoms with Crippen molar-refractivity contribution < 1.29 is 4.79 Å². The molecule has 1 N–H and O–H groups in total. The van der Waals surface area contributed by atoms with Crippen LogP contribution < -0.4 is 0 Å². The monoisotopic (exact) mass is 287 g/mol. The molecule has 0 spiro atoms. The molecule has 0 bridgehead atoms. The van der Waals surface area contributed by atoms with Gasteiger partial charge in [-0.05, 0) is 43.2 Å². The lowest BCUT2D eigenvalue weighted by Crippen LogP contribution is -2.30. The molecule has 1 aliphatic heterocycles. The zero-order chi connectivity index (χ0) is 13.5. The lowest BCUT2D eigenvalue weighted by Gasteiger charge is -2.22. The van der Waals surface area contributed by atoms with Gasteiger partial charge in [-0.1, -0.05) is 6.07 Å². The summed E-state index contributed by atoms with van der Waals surface area (Å²) in [5.74, 6) is 0.680. The molecule has 2 aliphatic rings. The third-order valence-corrected chi connectivity index (χ3v) is 5.19. The zero-order valence-electron chi connectivity index (χ0n) is 11.2. The van der Waals surface area contributed by atoms with Crippen LogP contribution in [0, 0.1) is 0 Å². The van der Waals surface area contributed by atoms with E-state index in [1.165, 1.54) is 17.7 Å². The van der Waals surface area contributed by atoms with Crippen molar-refractivity contribution in [2.45, 2.75) is 37.6 Å². The van der Waals surface area contributed by atoms with Gasteiger partial charge >= 0.3 is 0 Å². The summed E-state index contributed by atoms with van der Waals surface area (Å²) in [5, 5.41) is 9.33. The molecular formula is C15H17N3OS. The lowest BCUT2D eigenvalue weighted by molar-refractivity contribution is 0.0732. The first-order valence-electron chi connectivity index (χ1n) is 7.22. The summed E-state index contributed by atoms with van der Waals surface area (Å²) in [6.45, 7) is 0.840. The first kappa shape index (κ1) is 12.1. The van der Waals surface area contributed by atoms with Crippen molar-refractivity contribution in [1.82, 2.24) is 15.1 Å². The first-order valence-corrected chi connectivity index (χ1v) is 8.10. The number of carbonyl (C=O) groups is 1. The van der Waals surface area contributed by atoms with Gasteiger partial charge in [-0.25, -0.2) is 0 Å². The fourth-order valence-electron chi connectivity index (χ4n) is 2.98. The molecule has 4 nitrogen and oxygen atoms in total. The SMILES string of the molecule is O=C(c1cc(C2CC2)[nH]n1)N1CCCC1c1cccs1. The molecule has 20 heavy (non-hydrogen) atoms. The Morgan fingerprint density at radius 1 is 1.40 bits per heavy atom. The molecule has 1 saturated heterocycles. The van der Waals surface area contributed by atoms with Crippen LogP contribution in [0.5, 0.6) is 0 Å². The number of nitrogens with zero attached hydrogens (tertiary/aromatic N) is 2. The highest BCUT2D eigenvalue weighted by molar-refractivity contribution is 7.10. The Morgan fingerprint density at radius 2 is 2.30 bits per heavy atom. The average molecular weight is 287 g/mol. The van der Waals surface area contributed by atoms with Crippen LogP contribution in [0.1, 0.15) is 58.7 Å². The van der Waals surface area contributed by atoms with Crippen molar-refractivity contribution in [2.75, 3.05) is 6.54 Å². The van der Waals surface area contributed by atoms with E-state index in [2.05, 4.69) is 27.7 Å². The second-order valence-electron chi connectivity index (χ2n) is 5.65. The van der Waals surface area contributed by atoms with E-state index in [9.17, 15) is 4.79 Å². The number of aromatic amines is 1. The number of H-pyrrole nitrogens is 1. The molecule has 1 amide bonds. The van der Waals surface area contributed by atoms with Crippen LogP contribution in [0.3, 0.4) is 0 Å². The maximum absolute atomic E-state index is 12.7. The van der Waals surface area contributed by atoms with E-state index >= 15 is 0 Å². The van der Waals surface area contributed by atoms with Gasteiger partial charge in [0.05, 0.1) is 6.04 Å². The molecule has 1 atom stereocenters. The number of rotatable bonds is 3. The maximum Gasteiger partial charge on any atom is 0.274 e. The van der Waals surface area contributed by atoms with Crippen LogP contribution in [-0.4, -0.2) is 27.5 Å². The summed E-state index contributed by atoms with van der Waals surface area (Å²) in [5.41, 5.74) is 1.70. The minimum absolute atomic E-state index is 0.0732. The summed E-state index contributed by atoms with van der Waals surface area (Å²) >= 11 is 1.73. The summed E-state index contributed by atoms with van der Waals surface area (Å²) in [6.07, 6.45) is 4.58. The standard InChI is InChI=1S/C15H17N3OS/c19-15(12-9-11(16-17-12)10-5-6-10)18-7-1-3-13(18)14-4-2-8-20-14/h2,4,8-10,13H,1,3,5-7H2,(H,16,17). The molecule has 2 fully saturated rings. The smallest absolute Gasteiger partial charge is 0.274 e. The van der Waals surface area contributed by atoms with Gasteiger partial charge in [0.15, 0.2) is 0 Å². The van der Waals surface area contributed by atoms with E-state index in [1.807, 2.05) is 11.0 Å². The lowest BCUT2D eigenvalue weighted by atomic mass is 10.2. The Kier molecular flexibility index (Phi) is 2.88. The van der Waals surface area contributed by atoms with Crippen LogP contribution >= 0.6 is 11.3 Å². The van der Waals surface area contributed by atoms with E-state index < -0.39 is 0 Å². The van der Waals surface area contributed by atoms with Gasteiger partial charge in [0.1, 0.15) is 5.69 Å². The first-order chi connectivity index (χ1) is 9.83. The topological polar surface area (TPSA) is 49.0 Å². The molecule has 1 aliphatic carbocycles. The molecule has 0 radical (unpaired) electrons. The summed E-state index contributed by atoms with van der Waals surface area (Å²) in [4.78, 5) is 15.9. The van der Waals surface area contributed by atoms with Crippen molar-refractivity contribution in [1.29, 1.82) is 0 Å². The highest BCUT2D eigenvalue weighted by atomic mass is 32.1. The van der Waals surface area contributed by atoms with E-state index in [-0.39, 0.29) is 11.9 Å². The zero-order valence-corrected chi connectivity index (χ0v) is 12.0. The Bertz CT molecular complexity index is 615. The Morgan fingerprint density at radius 3 is 3.05 bits per heavy atom. The van der Waals surface area contributed by atoms with Gasteiger partial charge < -0.3 is 4.90 Å². The molecule has 5 heteroatoms. The second kappa shape index (κ2) is 4.74. The highest BCUT2D eigenvalue weighted by Gasteiger charge is 2.33. The molecule has 0 aromatic carbocycles. The van der Waals surface area contributed by atoms with Gasteiger partial charge in [-0.15, -0.1) is 11.3 Å². The third kappa shape index (κ3) is 2.06. The minimum atomic E-state index is 0.0732. The maximum atomic E-state index is 12.7. The number of amides is 1. The molecule has 3 heterocycles. The number of hydrogen-bond donors (Lipinski definition) is 1. The fraction of sp³-hybridized carbons (Fsp3) is 0.467. The number of carbonyl (C=O) groups excluding carboxylic acids is 1. The molecular weight excluding hydrogens is 270 g/mol. The predicted octanol–water partition coefficient (Wildman–Crippen LogP) is 3.33. The summed E-state index contributed by atoms with van der Waals surface area (Å²) in [6, 6.07) is 6.37. The number of thiophene rings is 1. The molecule has 1 saturated carbocycles. The van der Waals surface area contributed by atoms with Gasteiger partial charge in [0.2, 0.25) is 0 Å². The molecule has 4 rings (SSSR count). The van der Waals surface area contributed by atoms with Crippen LogP contribution in [-0.2, 0) is 0 Å². The largest absolute Gasteiger partial charge is 0.329 e. The van der Waals surface area contributed by atoms with E-state index in [0.29, 0.717) is 11.6 Å². The van der Waals surface area contributed by atoms with Crippen molar-refractivity contribution in [2.24, 2.45) is 0 Å². The van der Waals surface area contributed by atoms with Gasteiger partial charge in [0.25, 0.3) is 5.91 Å². The Hall–Kier alpha value is -1.62.